The Morgan fingerprint density at radius 1 is 1.47 bits per heavy atom. The van der Waals surface area contributed by atoms with Crippen LogP contribution < -0.4 is 0 Å². The Bertz CT molecular complexity index is 358. The van der Waals surface area contributed by atoms with E-state index < -0.39 is 5.60 Å². The van der Waals surface area contributed by atoms with Gasteiger partial charge in [-0.2, -0.15) is 0 Å². The number of likely N-dealkylation sites (tertiary alicyclic amines) is 1. The van der Waals surface area contributed by atoms with Crippen molar-refractivity contribution in [1.82, 2.24) is 4.90 Å². The van der Waals surface area contributed by atoms with E-state index in [-0.39, 0.29) is 6.09 Å². The quantitative estimate of drug-likeness (QED) is 0.420. The fraction of sp³-hybridized carbons (Fsp3) is 0.909. The Morgan fingerprint density at radius 3 is 2.53 bits per heavy atom. The summed E-state index contributed by atoms with van der Waals surface area (Å²) in [5.41, 5.74) is 7.81. The standard InChI is InChI=1S/C11H18N4O2/c1-11(2,3)17-10(16)15-5-8-7(4-13-14-12)9(8)6-15/h7-9H,4-6H2,1-3H3. The zero-order valence-corrected chi connectivity index (χ0v) is 10.5. The minimum absolute atomic E-state index is 0.229. The summed E-state index contributed by atoms with van der Waals surface area (Å²) in [5, 5.41) is 3.59. The molecule has 2 rings (SSSR count). The molecule has 0 aromatic heterocycles. The maximum atomic E-state index is 11.8. The van der Waals surface area contributed by atoms with E-state index in [4.69, 9.17) is 10.3 Å². The summed E-state index contributed by atoms with van der Waals surface area (Å²) in [6.07, 6.45) is -0.229. The molecule has 0 radical (unpaired) electrons. The molecule has 94 valence electrons. The molecule has 1 saturated heterocycles. The second-order valence-corrected chi connectivity index (χ2v) is 5.79. The van der Waals surface area contributed by atoms with E-state index in [0.29, 0.717) is 24.3 Å². The van der Waals surface area contributed by atoms with Gasteiger partial charge in [0.2, 0.25) is 0 Å². The molecule has 0 N–H and O–H groups in total. The molecule has 1 amide bonds. The number of fused-ring (bicyclic) bond motifs is 1. The fourth-order valence-corrected chi connectivity index (χ4v) is 2.53. The number of hydrogen-bond acceptors (Lipinski definition) is 3. The lowest BCUT2D eigenvalue weighted by molar-refractivity contribution is 0.0266. The van der Waals surface area contributed by atoms with E-state index in [2.05, 4.69) is 10.0 Å². The van der Waals surface area contributed by atoms with Gasteiger partial charge in [0.25, 0.3) is 0 Å². The van der Waals surface area contributed by atoms with Crippen molar-refractivity contribution in [3.8, 4) is 0 Å². The SMILES string of the molecule is CC(C)(C)OC(=O)N1CC2C(CN=[N+]=[N-])C2C1. The van der Waals surface area contributed by atoms with Gasteiger partial charge >= 0.3 is 6.09 Å². The van der Waals surface area contributed by atoms with E-state index in [0.717, 1.165) is 13.1 Å². The number of amides is 1. The lowest BCUT2D eigenvalue weighted by atomic mass is 10.2. The molecular formula is C11H18N4O2. The Morgan fingerprint density at radius 2 is 2.06 bits per heavy atom. The summed E-state index contributed by atoms with van der Waals surface area (Å²) < 4.78 is 5.31. The Balaban J connectivity index is 1.79. The van der Waals surface area contributed by atoms with Crippen LogP contribution in [0.1, 0.15) is 20.8 Å². The summed E-state index contributed by atoms with van der Waals surface area (Å²) in [7, 11) is 0. The molecular weight excluding hydrogens is 220 g/mol. The molecule has 6 nitrogen and oxygen atoms in total. The monoisotopic (exact) mass is 238 g/mol. The molecule has 0 aromatic rings. The van der Waals surface area contributed by atoms with Crippen LogP contribution >= 0.6 is 0 Å². The number of carbonyl (C=O) groups is 1. The normalized spacial score (nSPS) is 30.5. The molecule has 2 atom stereocenters. The second kappa shape index (κ2) is 4.11. The van der Waals surface area contributed by atoms with Crippen LogP contribution in [0, 0.1) is 17.8 Å². The van der Waals surface area contributed by atoms with Crippen LogP contribution in [0.3, 0.4) is 0 Å². The zero-order chi connectivity index (χ0) is 12.6. The topological polar surface area (TPSA) is 78.3 Å². The number of piperidine rings is 1. The first-order valence-corrected chi connectivity index (χ1v) is 5.91. The van der Waals surface area contributed by atoms with E-state index in [1.165, 1.54) is 0 Å². The zero-order valence-electron chi connectivity index (χ0n) is 10.5. The summed E-state index contributed by atoms with van der Waals surface area (Å²) in [6.45, 7) is 7.65. The van der Waals surface area contributed by atoms with Crippen molar-refractivity contribution in [2.45, 2.75) is 26.4 Å². The summed E-state index contributed by atoms with van der Waals surface area (Å²) >= 11 is 0. The minimum Gasteiger partial charge on any atom is -0.444 e. The molecule has 1 aliphatic carbocycles. The van der Waals surface area contributed by atoms with Crippen LogP contribution in [0.5, 0.6) is 0 Å². The molecule has 2 fully saturated rings. The summed E-state index contributed by atoms with van der Waals surface area (Å²) in [5.74, 6) is 1.49. The first kappa shape index (κ1) is 12.0. The van der Waals surface area contributed by atoms with Crippen molar-refractivity contribution in [3.05, 3.63) is 10.4 Å². The minimum atomic E-state index is -0.436. The molecule has 0 bridgehead atoms. The van der Waals surface area contributed by atoms with Crippen LogP contribution in [0.4, 0.5) is 4.79 Å². The smallest absolute Gasteiger partial charge is 0.410 e. The van der Waals surface area contributed by atoms with Crippen LogP contribution in [0.25, 0.3) is 10.4 Å². The molecule has 17 heavy (non-hydrogen) atoms. The summed E-state index contributed by atoms with van der Waals surface area (Å²) in [6, 6.07) is 0. The molecule has 0 aromatic carbocycles. The predicted molar refractivity (Wildman–Crippen MR) is 62.3 cm³/mol. The summed E-state index contributed by atoms with van der Waals surface area (Å²) in [4.78, 5) is 16.3. The Hall–Kier alpha value is -1.42. The molecule has 1 heterocycles. The largest absolute Gasteiger partial charge is 0.444 e. The first-order chi connectivity index (χ1) is 7.92. The van der Waals surface area contributed by atoms with Crippen molar-refractivity contribution < 1.29 is 9.53 Å². The molecule has 1 aliphatic heterocycles. The van der Waals surface area contributed by atoms with Crippen LogP contribution in [0.2, 0.25) is 0 Å². The van der Waals surface area contributed by atoms with Crippen LogP contribution in [-0.2, 0) is 4.74 Å². The van der Waals surface area contributed by atoms with Gasteiger partial charge in [0.05, 0.1) is 0 Å². The molecule has 2 aliphatic rings. The van der Waals surface area contributed by atoms with Gasteiger partial charge in [-0.05, 0) is 44.1 Å². The maximum Gasteiger partial charge on any atom is 0.410 e. The lowest BCUT2D eigenvalue weighted by Crippen LogP contribution is -2.37. The van der Waals surface area contributed by atoms with E-state index >= 15 is 0 Å². The fourth-order valence-electron chi connectivity index (χ4n) is 2.53. The molecule has 2 unspecified atom stereocenters. The van der Waals surface area contributed by atoms with Gasteiger partial charge in [-0.15, -0.1) is 0 Å². The highest BCUT2D eigenvalue weighted by molar-refractivity contribution is 5.69. The Kier molecular flexibility index (Phi) is 2.91. The number of azide groups is 1. The van der Waals surface area contributed by atoms with Crippen molar-refractivity contribution in [3.63, 3.8) is 0 Å². The van der Waals surface area contributed by atoms with E-state index in [1.807, 2.05) is 20.8 Å². The number of carbonyl (C=O) groups excluding carboxylic acids is 1. The van der Waals surface area contributed by atoms with E-state index in [9.17, 15) is 4.79 Å². The van der Waals surface area contributed by atoms with Gasteiger partial charge in [-0.25, -0.2) is 4.79 Å². The maximum absolute atomic E-state index is 11.8. The highest BCUT2D eigenvalue weighted by atomic mass is 16.6. The van der Waals surface area contributed by atoms with Gasteiger partial charge in [0.1, 0.15) is 5.60 Å². The highest BCUT2D eigenvalue weighted by Gasteiger charge is 2.56. The molecule has 1 saturated carbocycles. The lowest BCUT2D eigenvalue weighted by Gasteiger charge is -2.25. The van der Waals surface area contributed by atoms with Gasteiger partial charge in [-0.1, -0.05) is 5.11 Å². The average Bonchev–Trinajstić information content (AvgIpc) is 2.67. The van der Waals surface area contributed by atoms with Gasteiger partial charge in [0, 0.05) is 24.5 Å². The van der Waals surface area contributed by atoms with Crippen LogP contribution in [-0.4, -0.2) is 36.2 Å². The van der Waals surface area contributed by atoms with Gasteiger partial charge in [-0.3, -0.25) is 0 Å². The number of ether oxygens (including phenoxy) is 1. The van der Waals surface area contributed by atoms with Crippen molar-refractivity contribution in [1.29, 1.82) is 0 Å². The molecule has 0 spiro atoms. The third-order valence-electron chi connectivity index (χ3n) is 3.38. The number of rotatable bonds is 2. The van der Waals surface area contributed by atoms with Crippen molar-refractivity contribution in [2.75, 3.05) is 19.6 Å². The third-order valence-corrected chi connectivity index (χ3v) is 3.38. The highest BCUT2D eigenvalue weighted by Crippen LogP contribution is 2.51. The Labute approximate surface area is 101 Å². The molecule has 6 heteroatoms. The van der Waals surface area contributed by atoms with Crippen molar-refractivity contribution >= 4 is 6.09 Å². The van der Waals surface area contributed by atoms with Gasteiger partial charge in [0.15, 0.2) is 0 Å². The predicted octanol–water partition coefficient (Wildman–Crippen LogP) is 2.41. The number of hydrogen-bond donors (Lipinski definition) is 0. The second-order valence-electron chi connectivity index (χ2n) is 5.79. The van der Waals surface area contributed by atoms with Crippen molar-refractivity contribution in [2.24, 2.45) is 22.9 Å². The average molecular weight is 238 g/mol. The third kappa shape index (κ3) is 2.64. The van der Waals surface area contributed by atoms with Gasteiger partial charge < -0.3 is 9.64 Å². The first-order valence-electron chi connectivity index (χ1n) is 5.91. The van der Waals surface area contributed by atoms with E-state index in [1.54, 1.807) is 4.90 Å². The van der Waals surface area contributed by atoms with Crippen LogP contribution in [0.15, 0.2) is 5.11 Å². The number of nitrogens with zero attached hydrogens (tertiary/aromatic N) is 4.